The fraction of sp³-hybridized carbons (Fsp3) is 0.0714. The standard InChI is InChI=1S/C14H11BrClNO2/c1-8-6-10(18)3-5-13(8)17-14(19)11-7-9(15)2-4-12(11)16/h2-7,18H,1H3,(H,17,19). The minimum absolute atomic E-state index is 0.163. The Labute approximate surface area is 124 Å². The molecule has 0 spiro atoms. The molecule has 2 N–H and O–H groups in total. The fourth-order valence-electron chi connectivity index (χ4n) is 1.65. The van der Waals surface area contributed by atoms with E-state index in [0.717, 1.165) is 10.0 Å². The van der Waals surface area contributed by atoms with Crippen LogP contribution in [0.3, 0.4) is 0 Å². The molecule has 0 saturated heterocycles. The Morgan fingerprint density at radius 2 is 2.00 bits per heavy atom. The van der Waals surface area contributed by atoms with Gasteiger partial charge >= 0.3 is 0 Å². The smallest absolute Gasteiger partial charge is 0.257 e. The van der Waals surface area contributed by atoms with E-state index in [9.17, 15) is 9.90 Å². The average molecular weight is 341 g/mol. The van der Waals surface area contributed by atoms with Gasteiger partial charge in [0.1, 0.15) is 5.75 Å². The Balaban J connectivity index is 2.28. The van der Waals surface area contributed by atoms with Crippen molar-refractivity contribution < 1.29 is 9.90 Å². The average Bonchev–Trinajstić information content (AvgIpc) is 2.35. The van der Waals surface area contributed by atoms with E-state index in [-0.39, 0.29) is 11.7 Å². The van der Waals surface area contributed by atoms with Gasteiger partial charge in [-0.1, -0.05) is 27.5 Å². The summed E-state index contributed by atoms with van der Waals surface area (Å²) < 4.78 is 0.782. The van der Waals surface area contributed by atoms with E-state index in [0.29, 0.717) is 16.3 Å². The number of hydrogen-bond acceptors (Lipinski definition) is 2. The summed E-state index contributed by atoms with van der Waals surface area (Å²) in [5.74, 6) is -0.129. The maximum absolute atomic E-state index is 12.1. The van der Waals surface area contributed by atoms with Crippen LogP contribution in [0.15, 0.2) is 40.9 Å². The van der Waals surface area contributed by atoms with Crippen molar-refractivity contribution in [1.29, 1.82) is 0 Å². The third-order valence-electron chi connectivity index (χ3n) is 2.63. The lowest BCUT2D eigenvalue weighted by Crippen LogP contribution is -2.13. The lowest BCUT2D eigenvalue weighted by Gasteiger charge is -2.10. The first kappa shape index (κ1) is 13.9. The molecule has 0 unspecified atom stereocenters. The first-order valence-electron chi connectivity index (χ1n) is 5.53. The van der Waals surface area contributed by atoms with E-state index >= 15 is 0 Å². The highest BCUT2D eigenvalue weighted by Crippen LogP contribution is 2.24. The Morgan fingerprint density at radius 1 is 1.26 bits per heavy atom. The first-order valence-corrected chi connectivity index (χ1v) is 6.70. The molecule has 0 aliphatic rings. The Bertz CT molecular complexity index is 643. The molecule has 98 valence electrons. The molecular weight excluding hydrogens is 330 g/mol. The van der Waals surface area contributed by atoms with Crippen molar-refractivity contribution in [3.63, 3.8) is 0 Å². The number of halogens is 2. The van der Waals surface area contributed by atoms with Crippen LogP contribution in [0, 0.1) is 6.92 Å². The highest BCUT2D eigenvalue weighted by Gasteiger charge is 2.12. The van der Waals surface area contributed by atoms with Gasteiger partial charge in [-0.25, -0.2) is 0 Å². The third kappa shape index (κ3) is 3.28. The molecule has 0 bridgehead atoms. The van der Waals surface area contributed by atoms with Crippen LogP contribution in [0.25, 0.3) is 0 Å². The molecule has 0 fully saturated rings. The number of rotatable bonds is 2. The number of phenols is 1. The predicted molar refractivity (Wildman–Crippen MR) is 79.9 cm³/mol. The highest BCUT2D eigenvalue weighted by atomic mass is 79.9. The Hall–Kier alpha value is -1.52. The summed E-state index contributed by atoms with van der Waals surface area (Å²) in [6, 6.07) is 9.83. The molecule has 2 aromatic carbocycles. The van der Waals surface area contributed by atoms with Crippen molar-refractivity contribution in [2.24, 2.45) is 0 Å². The maximum Gasteiger partial charge on any atom is 0.257 e. The summed E-state index contributed by atoms with van der Waals surface area (Å²) in [5.41, 5.74) is 1.81. The van der Waals surface area contributed by atoms with Gasteiger partial charge in [0, 0.05) is 10.2 Å². The van der Waals surface area contributed by atoms with Crippen molar-refractivity contribution in [3.05, 3.63) is 57.0 Å². The number of amides is 1. The zero-order valence-electron chi connectivity index (χ0n) is 10.1. The van der Waals surface area contributed by atoms with Crippen LogP contribution >= 0.6 is 27.5 Å². The van der Waals surface area contributed by atoms with Crippen LogP contribution in [0.1, 0.15) is 15.9 Å². The van der Waals surface area contributed by atoms with E-state index in [1.807, 2.05) is 0 Å². The van der Waals surface area contributed by atoms with E-state index in [4.69, 9.17) is 11.6 Å². The van der Waals surface area contributed by atoms with Crippen LogP contribution in [0.4, 0.5) is 5.69 Å². The largest absolute Gasteiger partial charge is 0.508 e. The molecule has 1 amide bonds. The SMILES string of the molecule is Cc1cc(O)ccc1NC(=O)c1cc(Br)ccc1Cl. The second-order valence-corrected chi connectivity index (χ2v) is 5.40. The number of carbonyl (C=O) groups excluding carboxylic acids is 1. The number of benzene rings is 2. The van der Waals surface area contributed by atoms with Gasteiger partial charge in [0.05, 0.1) is 10.6 Å². The molecule has 0 aliphatic heterocycles. The van der Waals surface area contributed by atoms with Gasteiger partial charge < -0.3 is 10.4 Å². The zero-order valence-corrected chi connectivity index (χ0v) is 12.4. The molecule has 0 atom stereocenters. The summed E-state index contributed by atoms with van der Waals surface area (Å²) in [7, 11) is 0. The molecule has 0 heterocycles. The number of anilines is 1. The molecule has 2 rings (SSSR count). The van der Waals surface area contributed by atoms with Gasteiger partial charge in [-0.15, -0.1) is 0 Å². The number of aryl methyl sites for hydroxylation is 1. The molecule has 19 heavy (non-hydrogen) atoms. The van der Waals surface area contributed by atoms with E-state index < -0.39 is 0 Å². The minimum atomic E-state index is -0.292. The van der Waals surface area contributed by atoms with Crippen molar-refractivity contribution in [3.8, 4) is 5.75 Å². The van der Waals surface area contributed by atoms with Crippen molar-refractivity contribution in [2.75, 3.05) is 5.32 Å². The topological polar surface area (TPSA) is 49.3 Å². The quantitative estimate of drug-likeness (QED) is 0.798. The van der Waals surface area contributed by atoms with Gasteiger partial charge in [-0.2, -0.15) is 0 Å². The molecule has 5 heteroatoms. The predicted octanol–water partition coefficient (Wildman–Crippen LogP) is 4.37. The monoisotopic (exact) mass is 339 g/mol. The fourth-order valence-corrected chi connectivity index (χ4v) is 2.21. The summed E-state index contributed by atoms with van der Waals surface area (Å²) in [6.07, 6.45) is 0. The van der Waals surface area contributed by atoms with E-state index in [1.54, 1.807) is 37.3 Å². The maximum atomic E-state index is 12.1. The summed E-state index contributed by atoms with van der Waals surface area (Å²) in [4.78, 5) is 12.1. The van der Waals surface area contributed by atoms with Gasteiger partial charge in [-0.3, -0.25) is 4.79 Å². The Morgan fingerprint density at radius 3 is 2.68 bits per heavy atom. The summed E-state index contributed by atoms with van der Waals surface area (Å²) >= 11 is 9.30. The lowest BCUT2D eigenvalue weighted by molar-refractivity contribution is 0.102. The van der Waals surface area contributed by atoms with Gasteiger partial charge in [0.25, 0.3) is 5.91 Å². The number of aromatic hydroxyl groups is 1. The van der Waals surface area contributed by atoms with Gasteiger partial charge in [0.15, 0.2) is 0 Å². The number of phenolic OH excluding ortho intramolecular Hbond substituents is 1. The summed E-state index contributed by atoms with van der Waals surface area (Å²) in [5, 5.41) is 12.5. The van der Waals surface area contributed by atoms with Crippen molar-refractivity contribution in [1.82, 2.24) is 0 Å². The molecule has 3 nitrogen and oxygen atoms in total. The second kappa shape index (κ2) is 5.63. The Kier molecular flexibility index (Phi) is 4.12. The lowest BCUT2D eigenvalue weighted by atomic mass is 10.1. The van der Waals surface area contributed by atoms with Crippen molar-refractivity contribution >= 4 is 39.1 Å². The first-order chi connectivity index (χ1) is 8.97. The van der Waals surface area contributed by atoms with Gasteiger partial charge in [0.2, 0.25) is 0 Å². The molecule has 0 aromatic heterocycles. The normalized spacial score (nSPS) is 10.3. The number of carbonyl (C=O) groups is 1. The molecule has 2 aromatic rings. The molecule has 0 radical (unpaired) electrons. The molecular formula is C14H11BrClNO2. The number of nitrogens with one attached hydrogen (secondary N) is 1. The highest BCUT2D eigenvalue weighted by molar-refractivity contribution is 9.10. The zero-order chi connectivity index (χ0) is 14.0. The third-order valence-corrected chi connectivity index (χ3v) is 3.45. The van der Waals surface area contributed by atoms with Crippen LogP contribution in [-0.4, -0.2) is 11.0 Å². The number of hydrogen-bond donors (Lipinski definition) is 2. The van der Waals surface area contributed by atoms with Crippen LogP contribution in [-0.2, 0) is 0 Å². The van der Waals surface area contributed by atoms with Crippen LogP contribution < -0.4 is 5.32 Å². The van der Waals surface area contributed by atoms with E-state index in [1.165, 1.54) is 6.07 Å². The van der Waals surface area contributed by atoms with Crippen molar-refractivity contribution in [2.45, 2.75) is 6.92 Å². The van der Waals surface area contributed by atoms with Crippen LogP contribution in [0.5, 0.6) is 5.75 Å². The second-order valence-electron chi connectivity index (χ2n) is 4.08. The van der Waals surface area contributed by atoms with Gasteiger partial charge in [-0.05, 0) is 48.9 Å². The minimum Gasteiger partial charge on any atom is -0.508 e. The van der Waals surface area contributed by atoms with E-state index in [2.05, 4.69) is 21.2 Å². The molecule has 0 saturated carbocycles. The summed E-state index contributed by atoms with van der Waals surface area (Å²) in [6.45, 7) is 1.80. The molecule has 0 aliphatic carbocycles. The van der Waals surface area contributed by atoms with Crippen LogP contribution in [0.2, 0.25) is 5.02 Å².